The van der Waals surface area contributed by atoms with Crippen LogP contribution in [-0.2, 0) is 9.59 Å². The first kappa shape index (κ1) is 27.4. The van der Waals surface area contributed by atoms with Gasteiger partial charge in [-0.25, -0.2) is 0 Å². The second kappa shape index (κ2) is 12.7. The first-order valence-electron chi connectivity index (χ1n) is 12.3. The van der Waals surface area contributed by atoms with Gasteiger partial charge in [0.25, 0.3) is 5.97 Å². The monoisotopic (exact) mass is 499 g/mol. The second-order valence-electron chi connectivity index (χ2n) is 9.33. The number of nitrogens with one attached hydrogen (secondary N) is 1. The number of hydrogen-bond acceptors (Lipinski definition) is 7. The van der Waals surface area contributed by atoms with Crippen LogP contribution in [0.2, 0.25) is 0 Å². The summed E-state index contributed by atoms with van der Waals surface area (Å²) in [5, 5.41) is 21.5. The number of carbonyl (C=O) groups excluding carboxylic acids is 1. The van der Waals surface area contributed by atoms with E-state index in [1.165, 1.54) is 0 Å². The molecule has 2 aromatic rings. The maximum Gasteiger partial charge on any atom is 0.300 e. The molecule has 196 valence electrons. The summed E-state index contributed by atoms with van der Waals surface area (Å²) in [7, 11) is 0. The number of para-hydroxylation sites is 2. The quantitative estimate of drug-likeness (QED) is 0.455. The molecule has 9 nitrogen and oxygen atoms in total. The number of likely N-dealkylation sites (tertiary alicyclic amines) is 1. The summed E-state index contributed by atoms with van der Waals surface area (Å²) in [6.07, 6.45) is 0.689. The van der Waals surface area contributed by atoms with Crippen LogP contribution in [0, 0.1) is 13.8 Å². The smallest absolute Gasteiger partial charge is 0.300 e. The molecule has 1 fully saturated rings. The lowest BCUT2D eigenvalue weighted by Crippen LogP contribution is -2.50. The highest BCUT2D eigenvalue weighted by atomic mass is 16.6. The van der Waals surface area contributed by atoms with Gasteiger partial charge in [-0.2, -0.15) is 0 Å². The fraction of sp³-hybridized carbons (Fsp3) is 0.481. The number of piperidine rings is 1. The van der Waals surface area contributed by atoms with E-state index >= 15 is 0 Å². The highest BCUT2D eigenvalue weighted by Gasteiger charge is 2.32. The Morgan fingerprint density at radius 1 is 1.08 bits per heavy atom. The SMILES string of the molecule is CC(=O)O.Cc1cccc(C)c1C(C(N)=O)N1CCC(NCC(O)C2COc3ccccc3O2)CC1. The minimum absolute atomic E-state index is 0.268. The number of amides is 1. The number of benzene rings is 2. The van der Waals surface area contributed by atoms with E-state index < -0.39 is 24.2 Å². The van der Waals surface area contributed by atoms with Gasteiger partial charge in [-0.15, -0.1) is 0 Å². The van der Waals surface area contributed by atoms with Gasteiger partial charge < -0.3 is 30.7 Å². The predicted octanol–water partition coefficient (Wildman–Crippen LogP) is 2.18. The molecule has 0 saturated carbocycles. The first-order chi connectivity index (χ1) is 17.2. The Balaban J connectivity index is 0.000000840. The zero-order valence-corrected chi connectivity index (χ0v) is 21.1. The Morgan fingerprint density at radius 2 is 1.67 bits per heavy atom. The fourth-order valence-electron chi connectivity index (χ4n) is 4.77. The number of carboxylic acid groups (broad SMARTS) is 1. The van der Waals surface area contributed by atoms with Crippen LogP contribution in [0.5, 0.6) is 11.5 Å². The summed E-state index contributed by atoms with van der Waals surface area (Å²) >= 11 is 0. The van der Waals surface area contributed by atoms with E-state index in [4.69, 9.17) is 25.1 Å². The maximum atomic E-state index is 12.4. The van der Waals surface area contributed by atoms with E-state index in [1.54, 1.807) is 0 Å². The Hall–Kier alpha value is -3.14. The first-order valence-corrected chi connectivity index (χ1v) is 12.3. The average molecular weight is 500 g/mol. The molecule has 5 N–H and O–H groups in total. The Bertz CT molecular complexity index is 1010. The number of hydrogen-bond donors (Lipinski definition) is 4. The molecular formula is C27H37N3O6. The number of aryl methyl sites for hydroxylation is 2. The van der Waals surface area contributed by atoms with Crippen molar-refractivity contribution >= 4 is 11.9 Å². The molecule has 0 aromatic heterocycles. The average Bonchev–Trinajstić information content (AvgIpc) is 2.84. The molecule has 1 saturated heterocycles. The van der Waals surface area contributed by atoms with Gasteiger partial charge in [-0.1, -0.05) is 30.3 Å². The third-order valence-corrected chi connectivity index (χ3v) is 6.56. The van der Waals surface area contributed by atoms with Gasteiger partial charge in [0.15, 0.2) is 17.6 Å². The Labute approximate surface area is 212 Å². The number of nitrogens with zero attached hydrogens (tertiary/aromatic N) is 1. The van der Waals surface area contributed by atoms with Crippen LogP contribution < -0.4 is 20.5 Å². The number of aliphatic carboxylic acids is 1. The van der Waals surface area contributed by atoms with Crippen LogP contribution >= 0.6 is 0 Å². The highest BCUT2D eigenvalue weighted by molar-refractivity contribution is 5.82. The molecule has 2 aliphatic rings. The van der Waals surface area contributed by atoms with Crippen molar-refractivity contribution in [3.63, 3.8) is 0 Å². The van der Waals surface area contributed by atoms with Crippen molar-refractivity contribution in [1.82, 2.24) is 10.2 Å². The number of ether oxygens (including phenoxy) is 2. The lowest BCUT2D eigenvalue weighted by atomic mass is 9.92. The summed E-state index contributed by atoms with van der Waals surface area (Å²) in [6.45, 7) is 7.44. The van der Waals surface area contributed by atoms with E-state index in [9.17, 15) is 9.90 Å². The van der Waals surface area contributed by atoms with Crippen LogP contribution in [0.15, 0.2) is 42.5 Å². The summed E-state index contributed by atoms with van der Waals surface area (Å²) < 4.78 is 11.6. The van der Waals surface area contributed by atoms with Crippen molar-refractivity contribution < 1.29 is 29.3 Å². The highest BCUT2D eigenvalue weighted by Crippen LogP contribution is 2.32. The number of aliphatic hydroxyl groups is 1. The van der Waals surface area contributed by atoms with Crippen LogP contribution in [0.1, 0.15) is 42.5 Å². The van der Waals surface area contributed by atoms with E-state index in [2.05, 4.69) is 10.2 Å². The number of primary amides is 1. The number of carboxylic acids is 1. The molecule has 2 heterocycles. The topological polar surface area (TPSA) is 134 Å². The molecule has 9 heteroatoms. The zero-order chi connectivity index (χ0) is 26.2. The predicted molar refractivity (Wildman–Crippen MR) is 136 cm³/mol. The van der Waals surface area contributed by atoms with Crippen LogP contribution in [0.25, 0.3) is 0 Å². The summed E-state index contributed by atoms with van der Waals surface area (Å²) in [6, 6.07) is 13.4. The van der Waals surface area contributed by atoms with Gasteiger partial charge in [0.05, 0.1) is 0 Å². The van der Waals surface area contributed by atoms with Crippen molar-refractivity contribution in [1.29, 1.82) is 0 Å². The van der Waals surface area contributed by atoms with Crippen LogP contribution in [-0.4, -0.2) is 71.5 Å². The number of aliphatic hydroxyl groups excluding tert-OH is 1. The summed E-state index contributed by atoms with van der Waals surface area (Å²) in [5.41, 5.74) is 9.04. The molecule has 36 heavy (non-hydrogen) atoms. The van der Waals surface area contributed by atoms with Gasteiger partial charge >= 0.3 is 0 Å². The number of nitrogens with two attached hydrogens (primary N) is 1. The standard InChI is InChI=1S/C25H33N3O4.C2H4O2/c1-16-6-5-7-17(2)23(16)24(25(26)30)28-12-10-18(11-13-28)27-14-19(29)22-15-31-20-8-3-4-9-21(20)32-22;1-2(3)4/h3-9,18-19,22,24,27,29H,10-15H2,1-2H3,(H2,26,30);1H3,(H,3,4). The lowest BCUT2D eigenvalue weighted by molar-refractivity contribution is -0.134. The summed E-state index contributed by atoms with van der Waals surface area (Å²) in [5.74, 6) is 0.239. The Morgan fingerprint density at radius 3 is 2.25 bits per heavy atom. The minimum atomic E-state index is -0.833. The normalized spacial score (nSPS) is 19.5. The number of rotatable bonds is 7. The van der Waals surface area contributed by atoms with Crippen molar-refractivity contribution in [2.45, 2.75) is 57.9 Å². The molecule has 4 rings (SSSR count). The van der Waals surface area contributed by atoms with Gasteiger partial charge in [0.2, 0.25) is 5.91 Å². The molecule has 0 spiro atoms. The maximum absolute atomic E-state index is 12.4. The third-order valence-electron chi connectivity index (χ3n) is 6.56. The number of fused-ring (bicyclic) bond motifs is 1. The van der Waals surface area contributed by atoms with Crippen molar-refractivity contribution in [2.24, 2.45) is 5.73 Å². The summed E-state index contributed by atoms with van der Waals surface area (Å²) in [4.78, 5) is 23.6. The molecule has 0 bridgehead atoms. The van der Waals surface area contributed by atoms with Crippen molar-refractivity contribution in [2.75, 3.05) is 26.2 Å². The van der Waals surface area contributed by atoms with Gasteiger partial charge in [-0.3, -0.25) is 14.5 Å². The molecule has 0 radical (unpaired) electrons. The minimum Gasteiger partial charge on any atom is -0.486 e. The molecule has 0 aliphatic carbocycles. The van der Waals surface area contributed by atoms with Crippen molar-refractivity contribution in [3.8, 4) is 11.5 Å². The van der Waals surface area contributed by atoms with Gasteiger partial charge in [-0.05, 0) is 55.5 Å². The molecular weight excluding hydrogens is 462 g/mol. The lowest BCUT2D eigenvalue weighted by Gasteiger charge is -2.38. The fourth-order valence-corrected chi connectivity index (χ4v) is 4.77. The third kappa shape index (κ3) is 7.19. The molecule has 3 unspecified atom stereocenters. The van der Waals surface area contributed by atoms with E-state index in [0.29, 0.717) is 24.7 Å². The van der Waals surface area contributed by atoms with Crippen molar-refractivity contribution in [3.05, 3.63) is 59.2 Å². The second-order valence-corrected chi connectivity index (χ2v) is 9.33. The molecule has 2 aromatic carbocycles. The molecule has 2 aliphatic heterocycles. The molecule has 3 atom stereocenters. The van der Waals surface area contributed by atoms with E-state index in [0.717, 1.165) is 49.5 Å². The number of carbonyl (C=O) groups is 2. The van der Waals surface area contributed by atoms with E-state index in [1.807, 2.05) is 56.3 Å². The largest absolute Gasteiger partial charge is 0.486 e. The van der Waals surface area contributed by atoms with Crippen LogP contribution in [0.4, 0.5) is 0 Å². The van der Waals surface area contributed by atoms with Gasteiger partial charge in [0.1, 0.15) is 18.8 Å². The van der Waals surface area contributed by atoms with Gasteiger partial charge in [0, 0.05) is 32.6 Å². The van der Waals surface area contributed by atoms with Crippen LogP contribution in [0.3, 0.4) is 0 Å². The zero-order valence-electron chi connectivity index (χ0n) is 21.1. The Kier molecular flexibility index (Phi) is 9.69. The molecule has 1 amide bonds. The van der Waals surface area contributed by atoms with E-state index in [-0.39, 0.29) is 11.9 Å².